The Morgan fingerprint density at radius 3 is 2.35 bits per heavy atom. The van der Waals surface area contributed by atoms with Crippen LogP contribution >= 0.6 is 45.2 Å². The molecule has 0 aliphatic carbocycles. The van der Waals surface area contributed by atoms with Gasteiger partial charge >= 0.3 is 5.97 Å². The fourth-order valence-electron chi connectivity index (χ4n) is 2.88. The summed E-state index contributed by atoms with van der Waals surface area (Å²) in [5, 5.41) is 12.2. The molecule has 3 aromatic carbocycles. The lowest BCUT2D eigenvalue weighted by Gasteiger charge is -2.13. The number of esters is 1. The highest BCUT2D eigenvalue weighted by atomic mass is 127. The van der Waals surface area contributed by atoms with E-state index in [-0.39, 0.29) is 17.1 Å². The van der Waals surface area contributed by atoms with Gasteiger partial charge in [0.1, 0.15) is 17.4 Å². The number of benzene rings is 3. The van der Waals surface area contributed by atoms with Gasteiger partial charge in [-0.05, 0) is 111 Å². The van der Waals surface area contributed by atoms with Gasteiger partial charge < -0.3 is 19.5 Å². The molecule has 0 spiro atoms. The number of hydrogen-bond donors (Lipinski definition) is 1. The molecule has 0 radical (unpaired) electrons. The van der Waals surface area contributed by atoms with Crippen molar-refractivity contribution < 1.29 is 23.8 Å². The topological polar surface area (TPSA) is 97.7 Å². The van der Waals surface area contributed by atoms with E-state index in [4.69, 9.17) is 14.2 Å². The van der Waals surface area contributed by atoms with Crippen molar-refractivity contribution in [2.24, 2.45) is 0 Å². The van der Waals surface area contributed by atoms with Gasteiger partial charge in [0, 0.05) is 9.26 Å². The average molecular weight is 680 g/mol. The predicted octanol–water partition coefficient (Wildman–Crippen LogP) is 5.68. The number of amides is 1. The molecule has 0 aliphatic heterocycles. The van der Waals surface area contributed by atoms with Crippen LogP contribution in [0.3, 0.4) is 0 Å². The third kappa shape index (κ3) is 6.48. The summed E-state index contributed by atoms with van der Waals surface area (Å²) < 4.78 is 17.6. The van der Waals surface area contributed by atoms with Gasteiger partial charge in [0.15, 0.2) is 11.5 Å². The van der Waals surface area contributed by atoms with Gasteiger partial charge in [-0.15, -0.1) is 0 Å². The third-order valence-electron chi connectivity index (χ3n) is 4.53. The predicted molar refractivity (Wildman–Crippen MR) is 145 cm³/mol. The minimum absolute atomic E-state index is 0.0836. The monoisotopic (exact) mass is 680 g/mol. The third-order valence-corrected chi connectivity index (χ3v) is 6.00. The van der Waals surface area contributed by atoms with Crippen LogP contribution in [0.1, 0.15) is 15.9 Å². The van der Waals surface area contributed by atoms with Crippen molar-refractivity contribution in [2.75, 3.05) is 19.5 Å². The zero-order valence-electron chi connectivity index (χ0n) is 18.1. The van der Waals surface area contributed by atoms with Gasteiger partial charge in [0.25, 0.3) is 5.91 Å². The van der Waals surface area contributed by atoms with Crippen LogP contribution in [-0.4, -0.2) is 26.1 Å². The zero-order chi connectivity index (χ0) is 24.7. The molecule has 0 unspecified atom stereocenters. The molecule has 3 aromatic rings. The SMILES string of the molecule is COc1ccc(C(=O)Oc2c(I)cc(/C=C(\C#N)C(=O)Nc3cccc(I)c3)cc2OC)cc1. The van der Waals surface area contributed by atoms with Crippen molar-refractivity contribution in [1.82, 2.24) is 0 Å². The van der Waals surface area contributed by atoms with Gasteiger partial charge in [0.05, 0.1) is 23.4 Å². The van der Waals surface area contributed by atoms with Gasteiger partial charge in [-0.25, -0.2) is 4.79 Å². The van der Waals surface area contributed by atoms with E-state index in [1.807, 2.05) is 40.8 Å². The summed E-state index contributed by atoms with van der Waals surface area (Å²) >= 11 is 4.15. The molecular formula is C25H18I2N2O5. The number of rotatable bonds is 7. The highest BCUT2D eigenvalue weighted by molar-refractivity contribution is 14.1. The number of halogens is 2. The van der Waals surface area contributed by atoms with Crippen LogP contribution in [0.4, 0.5) is 5.69 Å². The number of anilines is 1. The summed E-state index contributed by atoms with van der Waals surface area (Å²) in [6, 6.07) is 19.0. The first-order chi connectivity index (χ1) is 16.3. The van der Waals surface area contributed by atoms with E-state index >= 15 is 0 Å². The lowest BCUT2D eigenvalue weighted by atomic mass is 10.1. The van der Waals surface area contributed by atoms with Gasteiger partial charge in [-0.2, -0.15) is 5.26 Å². The molecule has 0 saturated heterocycles. The second-order valence-corrected chi connectivity index (χ2v) is 9.19. The lowest BCUT2D eigenvalue weighted by Crippen LogP contribution is -2.13. The molecule has 34 heavy (non-hydrogen) atoms. The van der Waals surface area contributed by atoms with Crippen LogP contribution in [0.25, 0.3) is 6.08 Å². The van der Waals surface area contributed by atoms with Gasteiger partial charge in [-0.1, -0.05) is 6.07 Å². The Morgan fingerprint density at radius 2 is 1.74 bits per heavy atom. The van der Waals surface area contributed by atoms with Crippen molar-refractivity contribution >= 4 is 68.8 Å². The smallest absolute Gasteiger partial charge is 0.343 e. The van der Waals surface area contributed by atoms with Gasteiger partial charge in [0.2, 0.25) is 0 Å². The van der Waals surface area contributed by atoms with Crippen LogP contribution < -0.4 is 19.5 Å². The Kier molecular flexibility index (Phi) is 8.89. The molecular weight excluding hydrogens is 662 g/mol. The van der Waals surface area contributed by atoms with E-state index in [9.17, 15) is 14.9 Å². The zero-order valence-corrected chi connectivity index (χ0v) is 22.4. The highest BCUT2D eigenvalue weighted by Crippen LogP contribution is 2.35. The summed E-state index contributed by atoms with van der Waals surface area (Å²) in [7, 11) is 2.98. The average Bonchev–Trinajstić information content (AvgIpc) is 2.83. The normalized spacial score (nSPS) is 10.7. The summed E-state index contributed by atoms with van der Waals surface area (Å²) in [4.78, 5) is 25.2. The van der Waals surface area contributed by atoms with E-state index in [1.54, 1.807) is 55.6 Å². The van der Waals surface area contributed by atoms with Crippen LogP contribution in [0, 0.1) is 18.5 Å². The molecule has 0 bridgehead atoms. The standard InChI is InChI=1S/C25H18I2N2O5/c1-32-20-8-6-16(7-9-20)25(31)34-23-21(27)11-15(12-22(23)33-2)10-17(14-28)24(30)29-19-5-3-4-18(26)13-19/h3-13H,1-2H3,(H,29,30)/b17-10+. The summed E-state index contributed by atoms with van der Waals surface area (Å²) in [6.07, 6.45) is 1.45. The molecule has 0 aromatic heterocycles. The second kappa shape index (κ2) is 11.8. The molecule has 0 fully saturated rings. The van der Waals surface area contributed by atoms with Crippen molar-refractivity contribution in [1.29, 1.82) is 5.26 Å². The van der Waals surface area contributed by atoms with E-state index in [0.717, 1.165) is 3.57 Å². The molecule has 0 atom stereocenters. The van der Waals surface area contributed by atoms with E-state index in [1.165, 1.54) is 13.2 Å². The fourth-order valence-corrected chi connectivity index (χ4v) is 4.16. The number of carbonyl (C=O) groups excluding carboxylic acids is 2. The Morgan fingerprint density at radius 1 is 1.00 bits per heavy atom. The summed E-state index contributed by atoms with van der Waals surface area (Å²) in [5.74, 6) is 0.0580. The molecule has 0 aliphatic rings. The largest absolute Gasteiger partial charge is 0.497 e. The first-order valence-electron chi connectivity index (χ1n) is 9.77. The Hall–Kier alpha value is -3.11. The number of carbonyl (C=O) groups is 2. The molecule has 9 heteroatoms. The van der Waals surface area contributed by atoms with Crippen molar-refractivity contribution in [3.63, 3.8) is 0 Å². The quantitative estimate of drug-likeness (QED) is 0.114. The van der Waals surface area contributed by atoms with Crippen molar-refractivity contribution in [2.45, 2.75) is 0 Å². The molecule has 7 nitrogen and oxygen atoms in total. The van der Waals surface area contributed by atoms with Crippen LogP contribution in [0.5, 0.6) is 17.2 Å². The van der Waals surface area contributed by atoms with Crippen LogP contribution in [0.15, 0.2) is 66.2 Å². The number of methoxy groups -OCH3 is 2. The van der Waals surface area contributed by atoms with Gasteiger partial charge in [-0.3, -0.25) is 4.79 Å². The number of nitriles is 1. The van der Waals surface area contributed by atoms with E-state index in [0.29, 0.717) is 26.1 Å². The Labute approximate surface area is 224 Å². The number of nitrogens with one attached hydrogen (secondary N) is 1. The Balaban J connectivity index is 1.84. The second-order valence-electron chi connectivity index (χ2n) is 6.79. The van der Waals surface area contributed by atoms with Crippen molar-refractivity contribution in [3.05, 3.63) is 84.5 Å². The highest BCUT2D eigenvalue weighted by Gasteiger charge is 2.18. The molecule has 3 rings (SSSR count). The summed E-state index contributed by atoms with van der Waals surface area (Å²) in [6.45, 7) is 0. The number of hydrogen-bond acceptors (Lipinski definition) is 6. The lowest BCUT2D eigenvalue weighted by molar-refractivity contribution is -0.112. The minimum atomic E-state index is -0.559. The fraction of sp³-hybridized carbons (Fsp3) is 0.0800. The molecule has 1 amide bonds. The molecule has 172 valence electrons. The first-order valence-corrected chi connectivity index (χ1v) is 11.9. The first kappa shape index (κ1) is 25.5. The van der Waals surface area contributed by atoms with Crippen LogP contribution in [-0.2, 0) is 4.79 Å². The van der Waals surface area contributed by atoms with Crippen LogP contribution in [0.2, 0.25) is 0 Å². The molecule has 0 heterocycles. The molecule has 1 N–H and O–H groups in total. The molecule has 0 saturated carbocycles. The summed E-state index contributed by atoms with van der Waals surface area (Å²) in [5.41, 5.74) is 1.40. The Bertz CT molecular complexity index is 1300. The minimum Gasteiger partial charge on any atom is -0.497 e. The maximum atomic E-state index is 12.6. The number of ether oxygens (including phenoxy) is 3. The van der Waals surface area contributed by atoms with E-state index < -0.39 is 11.9 Å². The maximum Gasteiger partial charge on any atom is 0.343 e. The maximum absolute atomic E-state index is 12.6. The van der Waals surface area contributed by atoms with Crippen molar-refractivity contribution in [3.8, 4) is 23.3 Å². The van der Waals surface area contributed by atoms with E-state index in [2.05, 4.69) is 27.9 Å². The number of nitrogens with zero attached hydrogens (tertiary/aromatic N) is 1.